The van der Waals surface area contributed by atoms with Crippen molar-refractivity contribution in [3.05, 3.63) is 64.8 Å². The highest BCUT2D eigenvalue weighted by Gasteiger charge is 2.36. The quantitative estimate of drug-likeness (QED) is 0.650. The molecule has 2 aromatic carbocycles. The normalized spacial score (nSPS) is 14.8. The van der Waals surface area contributed by atoms with Crippen molar-refractivity contribution < 1.29 is 33.4 Å². The molecule has 2 N–H and O–H groups in total. The van der Waals surface area contributed by atoms with Gasteiger partial charge in [0, 0.05) is 5.69 Å². The second-order valence-corrected chi connectivity index (χ2v) is 7.07. The molecule has 30 heavy (non-hydrogen) atoms. The van der Waals surface area contributed by atoms with Gasteiger partial charge in [0.2, 0.25) is 5.91 Å². The van der Waals surface area contributed by atoms with Crippen LogP contribution in [0.5, 0.6) is 5.75 Å². The number of rotatable bonds is 7. The SMILES string of the molecule is O=C(O)COc1ccc(/C=C2/SC(=O)N(CC(=O)Nc3cccc(F)c3)C2=O)cc1. The molecule has 1 aliphatic heterocycles. The first-order valence-corrected chi connectivity index (χ1v) is 9.39. The van der Waals surface area contributed by atoms with Crippen LogP contribution in [0, 0.1) is 5.82 Å². The topological polar surface area (TPSA) is 113 Å². The van der Waals surface area contributed by atoms with Gasteiger partial charge in [0.1, 0.15) is 18.1 Å². The van der Waals surface area contributed by atoms with Crippen LogP contribution in [0.15, 0.2) is 53.4 Å². The molecule has 2 aromatic rings. The molecule has 0 radical (unpaired) electrons. The van der Waals surface area contributed by atoms with Gasteiger partial charge in [-0.15, -0.1) is 0 Å². The Hall–Kier alpha value is -3.66. The van der Waals surface area contributed by atoms with Gasteiger partial charge in [-0.3, -0.25) is 19.3 Å². The van der Waals surface area contributed by atoms with Crippen LogP contribution in [-0.2, 0) is 14.4 Å². The van der Waals surface area contributed by atoms with Crippen LogP contribution in [0.25, 0.3) is 6.08 Å². The summed E-state index contributed by atoms with van der Waals surface area (Å²) in [7, 11) is 0. The summed E-state index contributed by atoms with van der Waals surface area (Å²) in [5.74, 6) is -2.54. The third kappa shape index (κ3) is 5.45. The van der Waals surface area contributed by atoms with Crippen molar-refractivity contribution in [2.45, 2.75) is 0 Å². The van der Waals surface area contributed by atoms with Gasteiger partial charge in [-0.25, -0.2) is 9.18 Å². The van der Waals surface area contributed by atoms with E-state index in [2.05, 4.69) is 5.32 Å². The molecule has 0 unspecified atom stereocenters. The Balaban J connectivity index is 1.63. The number of nitrogens with zero attached hydrogens (tertiary/aromatic N) is 1. The number of amides is 3. The van der Waals surface area contributed by atoms with Gasteiger partial charge in [-0.1, -0.05) is 18.2 Å². The fourth-order valence-electron chi connectivity index (χ4n) is 2.50. The molecular formula is C20H15FN2O6S. The summed E-state index contributed by atoms with van der Waals surface area (Å²) >= 11 is 0.695. The number of benzene rings is 2. The number of ether oxygens (including phenoxy) is 1. The number of halogens is 1. The van der Waals surface area contributed by atoms with Gasteiger partial charge in [-0.05, 0) is 53.7 Å². The molecule has 0 atom stereocenters. The van der Waals surface area contributed by atoms with Gasteiger partial charge in [0.05, 0.1) is 4.91 Å². The lowest BCUT2D eigenvalue weighted by molar-refractivity contribution is -0.139. The van der Waals surface area contributed by atoms with Crippen molar-refractivity contribution in [3.8, 4) is 5.75 Å². The zero-order chi connectivity index (χ0) is 21.7. The smallest absolute Gasteiger partial charge is 0.341 e. The van der Waals surface area contributed by atoms with Gasteiger partial charge >= 0.3 is 5.97 Å². The van der Waals surface area contributed by atoms with E-state index in [-0.39, 0.29) is 10.6 Å². The van der Waals surface area contributed by atoms with Gasteiger partial charge in [0.15, 0.2) is 6.61 Å². The summed E-state index contributed by atoms with van der Waals surface area (Å²) in [6.45, 7) is -0.976. The highest BCUT2D eigenvalue weighted by Crippen LogP contribution is 2.32. The van der Waals surface area contributed by atoms with Crippen LogP contribution < -0.4 is 10.1 Å². The predicted molar refractivity (Wildman–Crippen MR) is 107 cm³/mol. The molecule has 8 nitrogen and oxygen atoms in total. The molecule has 0 aromatic heterocycles. The van der Waals surface area contributed by atoms with E-state index < -0.39 is 42.0 Å². The molecule has 3 rings (SSSR count). The first-order valence-electron chi connectivity index (χ1n) is 8.57. The Kier molecular flexibility index (Phi) is 6.48. The summed E-state index contributed by atoms with van der Waals surface area (Å²) in [6.07, 6.45) is 1.48. The van der Waals surface area contributed by atoms with Crippen molar-refractivity contribution in [2.75, 3.05) is 18.5 Å². The summed E-state index contributed by atoms with van der Waals surface area (Å²) < 4.78 is 18.2. The number of carbonyl (C=O) groups excluding carboxylic acids is 3. The largest absolute Gasteiger partial charge is 0.482 e. The Bertz CT molecular complexity index is 1040. The Morgan fingerprint density at radius 1 is 1.17 bits per heavy atom. The highest BCUT2D eigenvalue weighted by molar-refractivity contribution is 8.18. The number of thioether (sulfide) groups is 1. The summed E-state index contributed by atoms with van der Waals surface area (Å²) in [4.78, 5) is 48.2. The molecule has 154 valence electrons. The van der Waals surface area contributed by atoms with E-state index in [1.807, 2.05) is 0 Å². The maximum atomic E-state index is 13.2. The fraction of sp³-hybridized carbons (Fsp3) is 0.100. The van der Waals surface area contributed by atoms with E-state index in [0.717, 1.165) is 11.0 Å². The molecule has 10 heteroatoms. The van der Waals surface area contributed by atoms with Crippen LogP contribution >= 0.6 is 11.8 Å². The number of carboxylic acids is 1. The van der Waals surface area contributed by atoms with Crippen LogP contribution in [0.4, 0.5) is 14.9 Å². The van der Waals surface area contributed by atoms with Gasteiger partial charge in [0.25, 0.3) is 11.1 Å². The third-order valence-corrected chi connectivity index (χ3v) is 4.73. The van der Waals surface area contributed by atoms with Crippen molar-refractivity contribution in [1.29, 1.82) is 0 Å². The lowest BCUT2D eigenvalue weighted by atomic mass is 10.2. The number of aliphatic carboxylic acids is 1. The lowest BCUT2D eigenvalue weighted by Crippen LogP contribution is -2.36. The first kappa shape index (κ1) is 21.1. The number of hydrogen-bond acceptors (Lipinski definition) is 6. The number of carboxylic acid groups (broad SMARTS) is 1. The van der Waals surface area contributed by atoms with Gasteiger partial charge in [-0.2, -0.15) is 0 Å². The minimum atomic E-state index is -1.10. The molecule has 0 spiro atoms. The zero-order valence-corrected chi connectivity index (χ0v) is 16.1. The molecule has 0 aliphatic carbocycles. The summed E-state index contributed by atoms with van der Waals surface area (Å²) in [6, 6.07) is 11.5. The van der Waals surface area contributed by atoms with E-state index in [1.165, 1.54) is 36.4 Å². The number of imide groups is 1. The number of anilines is 1. The van der Waals surface area contributed by atoms with Crippen molar-refractivity contribution in [1.82, 2.24) is 4.90 Å². The fourth-order valence-corrected chi connectivity index (χ4v) is 3.34. The van der Waals surface area contributed by atoms with E-state index >= 15 is 0 Å². The molecular weight excluding hydrogens is 415 g/mol. The van der Waals surface area contributed by atoms with E-state index in [1.54, 1.807) is 12.1 Å². The summed E-state index contributed by atoms with van der Waals surface area (Å²) in [5, 5.41) is 10.4. The lowest BCUT2D eigenvalue weighted by Gasteiger charge is -2.12. The molecule has 1 heterocycles. The third-order valence-electron chi connectivity index (χ3n) is 3.82. The highest BCUT2D eigenvalue weighted by atomic mass is 32.2. The number of nitrogens with one attached hydrogen (secondary N) is 1. The minimum Gasteiger partial charge on any atom is -0.482 e. The molecule has 3 amide bonds. The first-order chi connectivity index (χ1) is 14.3. The van der Waals surface area contributed by atoms with Crippen molar-refractivity contribution in [2.24, 2.45) is 0 Å². The van der Waals surface area contributed by atoms with E-state index in [4.69, 9.17) is 9.84 Å². The molecule has 0 saturated carbocycles. The van der Waals surface area contributed by atoms with Gasteiger partial charge < -0.3 is 15.2 Å². The second kappa shape index (κ2) is 9.23. The number of hydrogen-bond donors (Lipinski definition) is 2. The van der Waals surface area contributed by atoms with E-state index in [0.29, 0.717) is 23.1 Å². The van der Waals surface area contributed by atoms with Crippen molar-refractivity contribution >= 4 is 46.5 Å². The molecule has 0 bridgehead atoms. The average Bonchev–Trinajstić information content (AvgIpc) is 2.95. The minimum absolute atomic E-state index is 0.137. The summed E-state index contributed by atoms with van der Waals surface area (Å²) in [5.41, 5.74) is 0.806. The molecule has 1 aliphatic rings. The average molecular weight is 430 g/mol. The standard InChI is InChI=1S/C20H15FN2O6S/c21-13-2-1-3-14(9-13)22-17(24)10-23-19(27)16(30-20(23)28)8-12-4-6-15(7-5-12)29-11-18(25)26/h1-9H,10-11H2,(H,22,24)(H,25,26)/b16-8+. The van der Waals surface area contributed by atoms with Crippen LogP contribution in [-0.4, -0.2) is 46.2 Å². The molecule has 1 fully saturated rings. The monoisotopic (exact) mass is 430 g/mol. The Morgan fingerprint density at radius 2 is 1.90 bits per heavy atom. The predicted octanol–water partition coefficient (Wildman–Crippen LogP) is 2.96. The Morgan fingerprint density at radius 3 is 2.57 bits per heavy atom. The second-order valence-electron chi connectivity index (χ2n) is 6.08. The Labute approximate surface area is 174 Å². The maximum Gasteiger partial charge on any atom is 0.341 e. The zero-order valence-electron chi connectivity index (χ0n) is 15.3. The number of carbonyl (C=O) groups is 4. The van der Waals surface area contributed by atoms with E-state index in [9.17, 15) is 23.6 Å². The van der Waals surface area contributed by atoms with Crippen LogP contribution in [0.2, 0.25) is 0 Å². The van der Waals surface area contributed by atoms with Crippen LogP contribution in [0.3, 0.4) is 0 Å². The maximum absolute atomic E-state index is 13.2. The van der Waals surface area contributed by atoms with Crippen LogP contribution in [0.1, 0.15) is 5.56 Å². The van der Waals surface area contributed by atoms with Crippen molar-refractivity contribution in [3.63, 3.8) is 0 Å². The molecule has 1 saturated heterocycles.